The number of esters is 1. The summed E-state index contributed by atoms with van der Waals surface area (Å²) in [7, 11) is 0. The third-order valence-corrected chi connectivity index (χ3v) is 5.03. The highest BCUT2D eigenvalue weighted by atomic mass is 32.1. The van der Waals surface area contributed by atoms with Gasteiger partial charge in [0.05, 0.1) is 18.5 Å². The summed E-state index contributed by atoms with van der Waals surface area (Å²) in [6.45, 7) is 4.68. The van der Waals surface area contributed by atoms with Crippen LogP contribution < -0.4 is 5.32 Å². The molecule has 0 saturated heterocycles. The van der Waals surface area contributed by atoms with Crippen LogP contribution in [0.5, 0.6) is 0 Å². The summed E-state index contributed by atoms with van der Waals surface area (Å²) in [5, 5.41) is 4.16. The van der Waals surface area contributed by atoms with E-state index in [0.717, 1.165) is 26.5 Å². The van der Waals surface area contributed by atoms with E-state index >= 15 is 0 Å². The molecule has 0 radical (unpaired) electrons. The predicted molar refractivity (Wildman–Crippen MR) is 87.5 cm³/mol. The molecule has 0 atom stereocenters. The fourth-order valence-corrected chi connectivity index (χ4v) is 3.66. The smallest absolute Gasteiger partial charge is 0.348 e. The maximum Gasteiger partial charge on any atom is 0.348 e. The van der Waals surface area contributed by atoms with Crippen LogP contribution in [0.1, 0.15) is 27.0 Å². The van der Waals surface area contributed by atoms with E-state index in [1.165, 1.54) is 29.2 Å². The number of aromatic nitrogens is 3. The fraction of sp³-hybridized carbons (Fsp3) is 0.286. The van der Waals surface area contributed by atoms with Crippen LogP contribution in [0, 0.1) is 6.92 Å². The molecule has 0 saturated carbocycles. The Morgan fingerprint density at radius 3 is 3.00 bits per heavy atom. The number of anilines is 1. The summed E-state index contributed by atoms with van der Waals surface area (Å²) in [6, 6.07) is 1.96. The Kier molecular flexibility index (Phi) is 4.30. The second-order valence-corrected chi connectivity index (χ2v) is 6.43. The number of carbonyl (C=O) groups excluding carboxylic acids is 1. The van der Waals surface area contributed by atoms with Crippen LogP contribution in [0.4, 0.5) is 5.82 Å². The second kappa shape index (κ2) is 6.37. The van der Waals surface area contributed by atoms with Gasteiger partial charge >= 0.3 is 5.97 Å². The maximum absolute atomic E-state index is 12.0. The average Bonchev–Trinajstić information content (AvgIpc) is 3.14. The van der Waals surface area contributed by atoms with Crippen LogP contribution in [-0.4, -0.2) is 26.9 Å². The Bertz CT molecular complexity index is 799. The van der Waals surface area contributed by atoms with E-state index in [0.29, 0.717) is 18.0 Å². The van der Waals surface area contributed by atoms with Crippen molar-refractivity contribution >= 4 is 44.9 Å². The minimum Gasteiger partial charge on any atom is -0.462 e. The van der Waals surface area contributed by atoms with Gasteiger partial charge in [-0.25, -0.2) is 19.1 Å². The highest BCUT2D eigenvalue weighted by Gasteiger charge is 2.20. The normalized spacial score (nSPS) is 10.8. The van der Waals surface area contributed by atoms with Gasteiger partial charge in [0.2, 0.25) is 0 Å². The van der Waals surface area contributed by atoms with Gasteiger partial charge in [-0.2, -0.15) is 0 Å². The first-order valence-corrected chi connectivity index (χ1v) is 8.34. The molecule has 3 rings (SSSR count). The first kappa shape index (κ1) is 14.9. The van der Waals surface area contributed by atoms with Crippen molar-refractivity contribution in [3.8, 4) is 0 Å². The van der Waals surface area contributed by atoms with E-state index in [2.05, 4.69) is 19.7 Å². The molecule has 6 nitrogen and oxygen atoms in total. The van der Waals surface area contributed by atoms with Crippen molar-refractivity contribution < 1.29 is 9.53 Å². The molecule has 0 bridgehead atoms. The van der Waals surface area contributed by atoms with Crippen LogP contribution in [0.2, 0.25) is 0 Å². The van der Waals surface area contributed by atoms with Crippen LogP contribution in [-0.2, 0) is 11.3 Å². The minimum absolute atomic E-state index is 0.309. The van der Waals surface area contributed by atoms with Crippen molar-refractivity contribution in [2.75, 3.05) is 11.9 Å². The van der Waals surface area contributed by atoms with Gasteiger partial charge in [-0.1, -0.05) is 0 Å². The summed E-state index contributed by atoms with van der Waals surface area (Å²) >= 11 is 2.78. The molecular formula is C14H14N4O2S2. The standard InChI is InChI=1S/C14H14N4O2S2/c1-3-20-14(19)11-8(2)10-12(16-7-17-13(10)21-11)15-6-9-4-5-18-22-9/h4-5,7H,3,6H2,1-2H3,(H,15,16,17). The second-order valence-electron chi connectivity index (χ2n) is 4.51. The fourth-order valence-electron chi connectivity index (χ4n) is 2.10. The van der Waals surface area contributed by atoms with Crippen LogP contribution in [0.25, 0.3) is 10.2 Å². The Morgan fingerprint density at radius 2 is 2.27 bits per heavy atom. The van der Waals surface area contributed by atoms with Gasteiger partial charge in [-0.05, 0) is 37.0 Å². The van der Waals surface area contributed by atoms with E-state index in [4.69, 9.17) is 4.74 Å². The summed E-state index contributed by atoms with van der Waals surface area (Å²) in [4.78, 5) is 23.0. The van der Waals surface area contributed by atoms with Gasteiger partial charge in [-0.3, -0.25) is 0 Å². The number of hydrogen-bond acceptors (Lipinski definition) is 8. The third-order valence-electron chi connectivity index (χ3n) is 3.11. The van der Waals surface area contributed by atoms with Gasteiger partial charge in [0.25, 0.3) is 0 Å². The lowest BCUT2D eigenvalue weighted by Crippen LogP contribution is -2.04. The van der Waals surface area contributed by atoms with Gasteiger partial charge in [0.15, 0.2) is 0 Å². The zero-order valence-corrected chi connectivity index (χ0v) is 13.8. The van der Waals surface area contributed by atoms with E-state index in [1.54, 1.807) is 13.1 Å². The van der Waals surface area contributed by atoms with E-state index < -0.39 is 0 Å². The Hall–Kier alpha value is -2.06. The molecule has 0 spiro atoms. The number of nitrogens with zero attached hydrogens (tertiary/aromatic N) is 3. The first-order valence-electron chi connectivity index (χ1n) is 6.75. The quantitative estimate of drug-likeness (QED) is 0.722. The zero-order valence-electron chi connectivity index (χ0n) is 12.1. The van der Waals surface area contributed by atoms with Gasteiger partial charge in [0, 0.05) is 11.1 Å². The molecule has 3 heterocycles. The van der Waals surface area contributed by atoms with Crippen molar-refractivity contribution in [1.82, 2.24) is 14.3 Å². The summed E-state index contributed by atoms with van der Waals surface area (Å²) < 4.78 is 9.17. The number of thiophene rings is 1. The van der Waals surface area contributed by atoms with Crippen molar-refractivity contribution in [2.24, 2.45) is 0 Å². The number of fused-ring (bicyclic) bond motifs is 1. The van der Waals surface area contributed by atoms with Gasteiger partial charge in [0.1, 0.15) is 21.9 Å². The van der Waals surface area contributed by atoms with Crippen LogP contribution >= 0.6 is 22.9 Å². The molecule has 22 heavy (non-hydrogen) atoms. The molecule has 0 amide bonds. The Balaban J connectivity index is 1.95. The number of ether oxygens (including phenoxy) is 1. The maximum atomic E-state index is 12.0. The Labute approximate surface area is 135 Å². The summed E-state index contributed by atoms with van der Waals surface area (Å²) in [6.07, 6.45) is 3.27. The monoisotopic (exact) mass is 334 g/mol. The number of hydrogen-bond donors (Lipinski definition) is 1. The number of aryl methyl sites for hydroxylation is 1. The molecule has 3 aromatic rings. The van der Waals surface area contributed by atoms with Crippen molar-refractivity contribution in [3.05, 3.63) is 33.9 Å². The molecule has 0 aliphatic rings. The lowest BCUT2D eigenvalue weighted by molar-refractivity contribution is 0.0531. The van der Waals surface area contributed by atoms with Crippen LogP contribution in [0.15, 0.2) is 18.6 Å². The number of nitrogens with one attached hydrogen (secondary N) is 1. The van der Waals surface area contributed by atoms with Crippen LogP contribution in [0.3, 0.4) is 0 Å². The Morgan fingerprint density at radius 1 is 1.41 bits per heavy atom. The lowest BCUT2D eigenvalue weighted by atomic mass is 10.2. The number of rotatable bonds is 5. The van der Waals surface area contributed by atoms with E-state index in [1.807, 2.05) is 13.0 Å². The molecule has 3 aromatic heterocycles. The van der Waals surface area contributed by atoms with Crippen molar-refractivity contribution in [1.29, 1.82) is 0 Å². The third kappa shape index (κ3) is 2.79. The molecule has 0 fully saturated rings. The largest absolute Gasteiger partial charge is 0.462 e. The molecule has 0 aromatic carbocycles. The van der Waals surface area contributed by atoms with Gasteiger partial charge in [-0.15, -0.1) is 11.3 Å². The first-order chi connectivity index (χ1) is 10.7. The summed E-state index contributed by atoms with van der Waals surface area (Å²) in [5.74, 6) is 0.416. The van der Waals surface area contributed by atoms with Gasteiger partial charge < -0.3 is 10.1 Å². The molecular weight excluding hydrogens is 320 g/mol. The molecule has 114 valence electrons. The summed E-state index contributed by atoms with van der Waals surface area (Å²) in [5.41, 5.74) is 0.853. The molecule has 0 aliphatic heterocycles. The molecule has 0 unspecified atom stereocenters. The molecule has 1 N–H and O–H groups in total. The zero-order chi connectivity index (χ0) is 15.5. The molecule has 8 heteroatoms. The van der Waals surface area contributed by atoms with E-state index in [-0.39, 0.29) is 5.97 Å². The molecule has 0 aliphatic carbocycles. The highest BCUT2D eigenvalue weighted by Crippen LogP contribution is 2.33. The SMILES string of the molecule is CCOC(=O)c1sc2ncnc(NCc3ccns3)c2c1C. The highest BCUT2D eigenvalue weighted by molar-refractivity contribution is 7.20. The van der Waals surface area contributed by atoms with Crippen molar-refractivity contribution in [3.63, 3.8) is 0 Å². The topological polar surface area (TPSA) is 77.0 Å². The minimum atomic E-state index is -0.309. The van der Waals surface area contributed by atoms with E-state index in [9.17, 15) is 4.79 Å². The average molecular weight is 334 g/mol. The number of carbonyl (C=O) groups is 1. The predicted octanol–water partition coefficient (Wildman–Crippen LogP) is 3.25. The lowest BCUT2D eigenvalue weighted by Gasteiger charge is -2.05. The van der Waals surface area contributed by atoms with Crippen molar-refractivity contribution in [2.45, 2.75) is 20.4 Å².